The number of hydrogen-bond donors (Lipinski definition) is 1. The molecule has 0 aromatic carbocycles. The highest BCUT2D eigenvalue weighted by atomic mass is 19.1. The second-order valence-electron chi connectivity index (χ2n) is 1.97. The molecule has 1 heterocycles. The van der Waals surface area contributed by atoms with E-state index in [2.05, 4.69) is 5.10 Å². The molecule has 0 atom stereocenters. The maximum Gasteiger partial charge on any atom is 0.139 e. The molecular weight excluding hydrogens is 147 g/mol. The third-order valence-corrected chi connectivity index (χ3v) is 1.30. The molecule has 2 N–H and O–H groups in total. The zero-order valence-electron chi connectivity index (χ0n) is 5.79. The van der Waals surface area contributed by atoms with E-state index in [1.165, 1.54) is 10.9 Å². The second kappa shape index (κ2) is 3.01. The Morgan fingerprint density at radius 2 is 2.55 bits per heavy atom. The highest BCUT2D eigenvalue weighted by Gasteiger charge is 2.04. The summed E-state index contributed by atoms with van der Waals surface area (Å²) in [6.07, 6.45) is 1.32. The average molecular weight is 154 g/mol. The van der Waals surface area contributed by atoms with Gasteiger partial charge in [-0.3, -0.25) is 0 Å². The molecular formula is C6H7FN4. The number of alkyl halides is 1. The monoisotopic (exact) mass is 154 g/mol. The number of nitrogen functional groups attached to an aromatic ring is 1. The molecule has 5 heteroatoms. The van der Waals surface area contributed by atoms with Crippen LogP contribution in [-0.4, -0.2) is 16.5 Å². The SMILES string of the molecule is N#Cc1cnn(CCF)c1N. The van der Waals surface area contributed by atoms with Gasteiger partial charge in [0.05, 0.1) is 12.7 Å². The Kier molecular flexibility index (Phi) is 2.06. The fourth-order valence-electron chi connectivity index (χ4n) is 0.739. The van der Waals surface area contributed by atoms with Crippen LogP contribution in [0.4, 0.5) is 10.2 Å². The molecule has 0 amide bonds. The molecule has 0 unspecified atom stereocenters. The lowest BCUT2D eigenvalue weighted by molar-refractivity contribution is 0.430. The first-order valence-electron chi connectivity index (χ1n) is 3.07. The number of halogens is 1. The summed E-state index contributed by atoms with van der Waals surface area (Å²) in [4.78, 5) is 0. The minimum atomic E-state index is -0.531. The summed E-state index contributed by atoms with van der Waals surface area (Å²) < 4.78 is 13.0. The fraction of sp³-hybridized carbons (Fsp3) is 0.333. The van der Waals surface area contributed by atoms with Crippen molar-refractivity contribution in [1.29, 1.82) is 5.26 Å². The molecule has 0 aliphatic heterocycles. The molecule has 0 saturated carbocycles. The Bertz CT molecular complexity index is 285. The lowest BCUT2D eigenvalue weighted by Crippen LogP contribution is -2.06. The molecule has 0 aliphatic carbocycles. The Labute approximate surface area is 63.0 Å². The molecule has 1 aromatic rings. The summed E-state index contributed by atoms with van der Waals surface area (Å²) in [5.74, 6) is 0.227. The van der Waals surface area contributed by atoms with Crippen molar-refractivity contribution in [2.24, 2.45) is 0 Å². The van der Waals surface area contributed by atoms with E-state index in [4.69, 9.17) is 11.0 Å². The predicted octanol–water partition coefficient (Wildman–Crippen LogP) is 0.306. The molecule has 58 valence electrons. The third-order valence-electron chi connectivity index (χ3n) is 1.30. The van der Waals surface area contributed by atoms with Gasteiger partial charge >= 0.3 is 0 Å². The number of nitrogens with two attached hydrogens (primary N) is 1. The van der Waals surface area contributed by atoms with Gasteiger partial charge in [-0.05, 0) is 0 Å². The van der Waals surface area contributed by atoms with Gasteiger partial charge in [-0.2, -0.15) is 10.4 Å². The van der Waals surface area contributed by atoms with E-state index in [9.17, 15) is 4.39 Å². The van der Waals surface area contributed by atoms with E-state index < -0.39 is 6.67 Å². The quantitative estimate of drug-likeness (QED) is 0.666. The van der Waals surface area contributed by atoms with E-state index in [1.54, 1.807) is 0 Å². The van der Waals surface area contributed by atoms with Crippen molar-refractivity contribution in [1.82, 2.24) is 9.78 Å². The molecule has 0 fully saturated rings. The number of nitrogens with zero attached hydrogens (tertiary/aromatic N) is 3. The zero-order valence-corrected chi connectivity index (χ0v) is 5.79. The summed E-state index contributed by atoms with van der Waals surface area (Å²) in [5.41, 5.74) is 5.70. The lowest BCUT2D eigenvalue weighted by atomic mass is 10.4. The Hall–Kier alpha value is -1.57. The molecule has 0 spiro atoms. The van der Waals surface area contributed by atoms with Crippen LogP contribution in [0.2, 0.25) is 0 Å². The van der Waals surface area contributed by atoms with Gasteiger partial charge in [0.2, 0.25) is 0 Å². The Morgan fingerprint density at radius 3 is 3.00 bits per heavy atom. The van der Waals surface area contributed by atoms with Crippen LogP contribution in [0.5, 0.6) is 0 Å². The highest BCUT2D eigenvalue weighted by Crippen LogP contribution is 2.08. The summed E-state index contributed by atoms with van der Waals surface area (Å²) >= 11 is 0. The molecule has 0 saturated heterocycles. The first-order chi connectivity index (χ1) is 5.29. The van der Waals surface area contributed by atoms with Crippen molar-refractivity contribution in [3.05, 3.63) is 11.8 Å². The fourth-order valence-corrected chi connectivity index (χ4v) is 0.739. The van der Waals surface area contributed by atoms with Gasteiger partial charge in [-0.1, -0.05) is 0 Å². The van der Waals surface area contributed by atoms with E-state index in [0.717, 1.165) is 0 Å². The van der Waals surface area contributed by atoms with Crippen LogP contribution in [0, 0.1) is 11.3 Å². The normalized spacial score (nSPS) is 9.45. The van der Waals surface area contributed by atoms with Crippen molar-refractivity contribution in [2.45, 2.75) is 6.54 Å². The maximum absolute atomic E-state index is 11.8. The summed E-state index contributed by atoms with van der Waals surface area (Å²) in [7, 11) is 0. The molecule has 0 radical (unpaired) electrons. The first kappa shape index (κ1) is 7.54. The van der Waals surface area contributed by atoms with Gasteiger partial charge in [0, 0.05) is 0 Å². The maximum atomic E-state index is 11.8. The van der Waals surface area contributed by atoms with Gasteiger partial charge in [0.15, 0.2) is 0 Å². The van der Waals surface area contributed by atoms with Crippen LogP contribution in [0.15, 0.2) is 6.20 Å². The smallest absolute Gasteiger partial charge is 0.139 e. The van der Waals surface area contributed by atoms with Crippen molar-refractivity contribution in [2.75, 3.05) is 12.4 Å². The number of nitriles is 1. The van der Waals surface area contributed by atoms with Gasteiger partial charge < -0.3 is 5.73 Å². The number of anilines is 1. The number of rotatable bonds is 2. The number of aryl methyl sites for hydroxylation is 1. The summed E-state index contributed by atoms with van der Waals surface area (Å²) in [5, 5.41) is 12.1. The molecule has 4 nitrogen and oxygen atoms in total. The first-order valence-corrected chi connectivity index (χ1v) is 3.07. The molecule has 0 aliphatic rings. The van der Waals surface area contributed by atoms with Crippen molar-refractivity contribution in [3.63, 3.8) is 0 Å². The molecule has 1 rings (SSSR count). The zero-order chi connectivity index (χ0) is 8.27. The van der Waals surface area contributed by atoms with Crippen molar-refractivity contribution in [3.8, 4) is 6.07 Å². The summed E-state index contributed by atoms with van der Waals surface area (Å²) in [6, 6.07) is 1.84. The largest absolute Gasteiger partial charge is 0.383 e. The van der Waals surface area contributed by atoms with Gasteiger partial charge in [-0.25, -0.2) is 9.07 Å². The molecule has 1 aromatic heterocycles. The third kappa shape index (κ3) is 1.29. The van der Waals surface area contributed by atoms with Gasteiger partial charge in [0.1, 0.15) is 24.1 Å². The van der Waals surface area contributed by atoms with Crippen LogP contribution < -0.4 is 5.73 Å². The molecule has 11 heavy (non-hydrogen) atoms. The van der Waals surface area contributed by atoms with Crippen LogP contribution in [-0.2, 0) is 6.54 Å². The van der Waals surface area contributed by atoms with Crippen molar-refractivity contribution >= 4 is 5.82 Å². The van der Waals surface area contributed by atoms with E-state index in [0.29, 0.717) is 5.56 Å². The van der Waals surface area contributed by atoms with Crippen LogP contribution in [0.1, 0.15) is 5.56 Å². The minimum Gasteiger partial charge on any atom is -0.383 e. The van der Waals surface area contributed by atoms with E-state index in [-0.39, 0.29) is 12.4 Å². The van der Waals surface area contributed by atoms with Gasteiger partial charge in [0.25, 0.3) is 0 Å². The van der Waals surface area contributed by atoms with Crippen LogP contribution in [0.3, 0.4) is 0 Å². The topological polar surface area (TPSA) is 67.6 Å². The summed E-state index contributed by atoms with van der Waals surface area (Å²) in [6.45, 7) is -0.426. The minimum absolute atomic E-state index is 0.105. The van der Waals surface area contributed by atoms with Crippen LogP contribution >= 0.6 is 0 Å². The van der Waals surface area contributed by atoms with Crippen molar-refractivity contribution < 1.29 is 4.39 Å². The van der Waals surface area contributed by atoms with Gasteiger partial charge in [-0.15, -0.1) is 0 Å². The number of aromatic nitrogens is 2. The lowest BCUT2D eigenvalue weighted by Gasteiger charge is -1.97. The van der Waals surface area contributed by atoms with E-state index >= 15 is 0 Å². The van der Waals surface area contributed by atoms with E-state index in [1.807, 2.05) is 6.07 Å². The Morgan fingerprint density at radius 1 is 1.82 bits per heavy atom. The standard InChI is InChI=1S/C6H7FN4/c7-1-2-11-6(9)5(3-8)4-10-11/h4H,1-2,9H2. The average Bonchev–Trinajstić information content (AvgIpc) is 2.34. The highest BCUT2D eigenvalue weighted by molar-refractivity contribution is 5.47. The Balaban J connectivity index is 2.93. The second-order valence-corrected chi connectivity index (χ2v) is 1.97. The number of hydrogen-bond acceptors (Lipinski definition) is 3. The molecule has 0 bridgehead atoms. The van der Waals surface area contributed by atoms with Crippen LogP contribution in [0.25, 0.3) is 0 Å². The predicted molar refractivity (Wildman–Crippen MR) is 37.3 cm³/mol.